The molecule has 0 amide bonds. The molecule has 24 heavy (non-hydrogen) atoms. The van der Waals surface area contributed by atoms with E-state index in [9.17, 15) is 0 Å². The highest BCUT2D eigenvalue weighted by Crippen LogP contribution is 2.49. The molecule has 1 aliphatic carbocycles. The van der Waals surface area contributed by atoms with Crippen LogP contribution in [0.5, 0.6) is 11.5 Å². The molecule has 0 radical (unpaired) electrons. The number of likely N-dealkylation sites (tertiary alicyclic amines) is 1. The fourth-order valence-corrected chi connectivity index (χ4v) is 4.29. The Morgan fingerprint density at radius 2 is 2.04 bits per heavy atom. The van der Waals surface area contributed by atoms with Gasteiger partial charge in [0, 0.05) is 17.9 Å². The molecule has 1 heterocycles. The highest BCUT2D eigenvalue weighted by Gasteiger charge is 2.50. The standard InChI is InChI=1S/C18H26N2O4/c1-20-9-8-18(7-6-14(11-17(18)20)19-24-12-21)13-4-5-15(22-2)16(10-13)23-3/h4-5,10,17,21H,6-9,11-12H2,1-3H3/b19-14+. The van der Waals surface area contributed by atoms with E-state index >= 15 is 0 Å². The van der Waals surface area contributed by atoms with E-state index in [2.05, 4.69) is 29.2 Å². The average Bonchev–Trinajstić information content (AvgIpc) is 2.97. The largest absolute Gasteiger partial charge is 0.493 e. The van der Waals surface area contributed by atoms with E-state index in [4.69, 9.17) is 19.4 Å². The minimum atomic E-state index is -0.370. The van der Waals surface area contributed by atoms with Crippen LogP contribution in [-0.4, -0.2) is 56.4 Å². The molecular weight excluding hydrogens is 308 g/mol. The number of benzene rings is 1. The van der Waals surface area contributed by atoms with Crippen molar-refractivity contribution in [1.82, 2.24) is 4.90 Å². The van der Waals surface area contributed by atoms with Crippen LogP contribution in [0.2, 0.25) is 0 Å². The van der Waals surface area contributed by atoms with Crippen molar-refractivity contribution in [3.05, 3.63) is 23.8 Å². The second-order valence-corrected chi connectivity index (χ2v) is 6.59. The molecule has 1 saturated carbocycles. The number of oxime groups is 1. The van der Waals surface area contributed by atoms with Gasteiger partial charge in [-0.15, -0.1) is 0 Å². The molecule has 1 N–H and O–H groups in total. The van der Waals surface area contributed by atoms with Gasteiger partial charge in [0.15, 0.2) is 11.5 Å². The minimum absolute atomic E-state index is 0.104. The maximum atomic E-state index is 8.81. The van der Waals surface area contributed by atoms with Gasteiger partial charge in [-0.1, -0.05) is 11.2 Å². The minimum Gasteiger partial charge on any atom is -0.493 e. The fourth-order valence-electron chi connectivity index (χ4n) is 4.29. The summed E-state index contributed by atoms with van der Waals surface area (Å²) in [6.07, 6.45) is 3.90. The Bertz CT molecular complexity index is 619. The van der Waals surface area contributed by atoms with E-state index in [0.717, 1.165) is 49.4 Å². The zero-order valence-electron chi connectivity index (χ0n) is 14.6. The van der Waals surface area contributed by atoms with Crippen LogP contribution in [-0.2, 0) is 10.3 Å². The van der Waals surface area contributed by atoms with Crippen LogP contribution < -0.4 is 9.47 Å². The number of methoxy groups -OCH3 is 2. The van der Waals surface area contributed by atoms with E-state index in [1.807, 2.05) is 6.07 Å². The SMILES string of the molecule is COc1ccc(C23CC/C(=N\OCO)CC2N(C)CC3)cc1OC. The maximum absolute atomic E-state index is 8.81. The van der Waals surface area contributed by atoms with Crippen molar-refractivity contribution in [3.63, 3.8) is 0 Å². The molecule has 1 aromatic rings. The molecular formula is C18H26N2O4. The molecule has 3 rings (SSSR count). The van der Waals surface area contributed by atoms with E-state index in [-0.39, 0.29) is 12.2 Å². The molecule has 0 aromatic heterocycles. The molecule has 2 atom stereocenters. The lowest BCUT2D eigenvalue weighted by atomic mass is 9.65. The number of nitrogens with zero attached hydrogens (tertiary/aromatic N) is 2. The number of hydrogen-bond donors (Lipinski definition) is 1. The van der Waals surface area contributed by atoms with Crippen molar-refractivity contribution >= 4 is 5.71 Å². The van der Waals surface area contributed by atoms with Crippen molar-refractivity contribution in [2.45, 2.75) is 37.1 Å². The Morgan fingerprint density at radius 1 is 1.25 bits per heavy atom. The zero-order valence-corrected chi connectivity index (χ0v) is 14.6. The average molecular weight is 334 g/mol. The first-order valence-corrected chi connectivity index (χ1v) is 8.36. The molecule has 132 valence electrons. The first-order chi connectivity index (χ1) is 11.6. The predicted molar refractivity (Wildman–Crippen MR) is 91.7 cm³/mol. The number of fused-ring (bicyclic) bond motifs is 1. The third-order valence-corrected chi connectivity index (χ3v) is 5.58. The molecule has 1 aromatic carbocycles. The van der Waals surface area contributed by atoms with Crippen molar-refractivity contribution in [2.75, 3.05) is 34.6 Å². The lowest BCUT2D eigenvalue weighted by Crippen LogP contribution is -2.46. The van der Waals surface area contributed by atoms with Crippen LogP contribution in [0.4, 0.5) is 0 Å². The van der Waals surface area contributed by atoms with Crippen molar-refractivity contribution < 1.29 is 19.4 Å². The smallest absolute Gasteiger partial charge is 0.214 e. The van der Waals surface area contributed by atoms with E-state index in [0.29, 0.717) is 6.04 Å². The first-order valence-electron chi connectivity index (χ1n) is 8.36. The molecule has 1 saturated heterocycles. The highest BCUT2D eigenvalue weighted by atomic mass is 16.7. The summed E-state index contributed by atoms with van der Waals surface area (Å²) in [4.78, 5) is 7.26. The summed E-state index contributed by atoms with van der Waals surface area (Å²) in [5.41, 5.74) is 2.43. The zero-order chi connectivity index (χ0) is 17.2. The number of rotatable bonds is 5. The van der Waals surface area contributed by atoms with Gasteiger partial charge in [0.1, 0.15) is 0 Å². The number of likely N-dealkylation sites (N-methyl/N-ethyl adjacent to an activating group) is 1. The van der Waals surface area contributed by atoms with Crippen molar-refractivity contribution in [2.24, 2.45) is 5.16 Å². The summed E-state index contributed by atoms with van der Waals surface area (Å²) in [6.45, 7) is 0.692. The van der Waals surface area contributed by atoms with Crippen molar-refractivity contribution in [3.8, 4) is 11.5 Å². The first kappa shape index (κ1) is 17.0. The van der Waals surface area contributed by atoms with Crippen LogP contribution in [0.1, 0.15) is 31.2 Å². The normalized spacial score (nSPS) is 28.7. The fraction of sp³-hybridized carbons (Fsp3) is 0.611. The van der Waals surface area contributed by atoms with Crippen LogP contribution in [0.25, 0.3) is 0 Å². The quantitative estimate of drug-likeness (QED) is 0.660. The van der Waals surface area contributed by atoms with Crippen LogP contribution in [0, 0.1) is 0 Å². The highest BCUT2D eigenvalue weighted by molar-refractivity contribution is 5.86. The van der Waals surface area contributed by atoms with Gasteiger partial charge in [0.05, 0.1) is 19.9 Å². The summed E-state index contributed by atoms with van der Waals surface area (Å²) in [7, 11) is 5.50. The number of aliphatic hydroxyl groups excluding tert-OH is 1. The van der Waals surface area contributed by atoms with Gasteiger partial charge in [0.2, 0.25) is 6.79 Å². The molecule has 2 aliphatic rings. The third kappa shape index (κ3) is 2.84. The molecule has 0 spiro atoms. The Morgan fingerprint density at radius 3 is 2.75 bits per heavy atom. The molecule has 0 bridgehead atoms. The Hall–Kier alpha value is -1.79. The number of hydrogen-bond acceptors (Lipinski definition) is 6. The lowest BCUT2D eigenvalue weighted by molar-refractivity contribution is 0.000546. The second kappa shape index (κ2) is 6.99. The topological polar surface area (TPSA) is 63.5 Å². The van der Waals surface area contributed by atoms with Crippen molar-refractivity contribution in [1.29, 1.82) is 0 Å². The molecule has 1 aliphatic heterocycles. The monoisotopic (exact) mass is 334 g/mol. The van der Waals surface area contributed by atoms with Gasteiger partial charge < -0.3 is 24.3 Å². The maximum Gasteiger partial charge on any atom is 0.214 e. The molecule has 6 heteroatoms. The Labute approximate surface area is 143 Å². The summed E-state index contributed by atoms with van der Waals surface area (Å²) < 4.78 is 10.9. The molecule has 2 unspecified atom stereocenters. The van der Waals surface area contributed by atoms with Gasteiger partial charge in [-0.25, -0.2) is 0 Å². The second-order valence-electron chi connectivity index (χ2n) is 6.59. The van der Waals surface area contributed by atoms with E-state index < -0.39 is 0 Å². The number of ether oxygens (including phenoxy) is 2. The van der Waals surface area contributed by atoms with Crippen LogP contribution in [0.3, 0.4) is 0 Å². The third-order valence-electron chi connectivity index (χ3n) is 5.58. The summed E-state index contributed by atoms with van der Waals surface area (Å²) in [5, 5.41) is 12.9. The van der Waals surface area contributed by atoms with Gasteiger partial charge in [0.25, 0.3) is 0 Å². The number of aliphatic hydroxyl groups is 1. The summed E-state index contributed by atoms with van der Waals surface area (Å²) in [5.74, 6) is 1.54. The molecule has 6 nitrogen and oxygen atoms in total. The van der Waals surface area contributed by atoms with Crippen LogP contribution in [0.15, 0.2) is 23.4 Å². The lowest BCUT2D eigenvalue weighted by Gasteiger charge is -2.42. The van der Waals surface area contributed by atoms with Gasteiger partial charge >= 0.3 is 0 Å². The van der Waals surface area contributed by atoms with Crippen LogP contribution >= 0.6 is 0 Å². The van der Waals surface area contributed by atoms with Gasteiger partial charge in [-0.3, -0.25) is 0 Å². The van der Waals surface area contributed by atoms with Gasteiger partial charge in [-0.2, -0.15) is 0 Å². The summed E-state index contributed by atoms with van der Waals surface area (Å²) in [6, 6.07) is 6.67. The van der Waals surface area contributed by atoms with E-state index in [1.165, 1.54) is 5.56 Å². The van der Waals surface area contributed by atoms with Gasteiger partial charge in [-0.05, 0) is 50.6 Å². The predicted octanol–water partition coefficient (Wildman–Crippen LogP) is 2.15. The Kier molecular flexibility index (Phi) is 4.96. The Balaban J connectivity index is 1.94. The van der Waals surface area contributed by atoms with E-state index in [1.54, 1.807) is 14.2 Å². The summed E-state index contributed by atoms with van der Waals surface area (Å²) >= 11 is 0. The molecule has 2 fully saturated rings.